The van der Waals surface area contributed by atoms with E-state index in [9.17, 15) is 13.2 Å². The number of nitrogens with zero attached hydrogens (tertiary/aromatic N) is 3. The molecular formula is C22H33N3O4S. The van der Waals surface area contributed by atoms with Crippen LogP contribution in [0.25, 0.3) is 0 Å². The van der Waals surface area contributed by atoms with Gasteiger partial charge in [-0.25, -0.2) is 12.7 Å². The van der Waals surface area contributed by atoms with Crippen molar-refractivity contribution < 1.29 is 17.9 Å². The number of ether oxygens (including phenoxy) is 1. The number of hydrogen-bond donors (Lipinski definition) is 0. The smallest absolute Gasteiger partial charge is 0.237 e. The largest absolute Gasteiger partial charge is 0.379 e. The Morgan fingerprint density at radius 3 is 2.47 bits per heavy atom. The second-order valence-electron chi connectivity index (χ2n) is 9.11. The molecule has 0 saturated carbocycles. The standard InChI is InChI=1S/C22H33N3O4S/c1-18(2)30(27,28)24-11-8-20(9-12-24)25-15-21(26)23(14-19-6-4-3-5-7-19)16-22(25)10-13-29-17-22/h3-7,18,20H,8-17H2,1-2H3. The summed E-state index contributed by atoms with van der Waals surface area (Å²) in [4.78, 5) is 17.4. The van der Waals surface area contributed by atoms with Crippen molar-refractivity contribution in [1.82, 2.24) is 14.1 Å². The number of rotatable bonds is 5. The molecule has 1 atom stereocenters. The summed E-state index contributed by atoms with van der Waals surface area (Å²) in [5.41, 5.74) is 0.979. The van der Waals surface area contributed by atoms with Crippen LogP contribution in [0.15, 0.2) is 30.3 Å². The fourth-order valence-corrected chi connectivity index (χ4v) is 6.38. The fourth-order valence-electron chi connectivity index (χ4n) is 5.07. The molecule has 0 aromatic heterocycles. The van der Waals surface area contributed by atoms with E-state index in [0.717, 1.165) is 24.8 Å². The van der Waals surface area contributed by atoms with Crippen molar-refractivity contribution in [3.05, 3.63) is 35.9 Å². The average molecular weight is 436 g/mol. The average Bonchev–Trinajstić information content (AvgIpc) is 3.20. The molecule has 3 aliphatic heterocycles. The lowest BCUT2D eigenvalue weighted by molar-refractivity contribution is -0.148. The Hall–Kier alpha value is -1.48. The van der Waals surface area contributed by atoms with E-state index in [1.54, 1.807) is 18.2 Å². The second kappa shape index (κ2) is 8.57. The molecule has 8 heteroatoms. The molecule has 3 aliphatic rings. The van der Waals surface area contributed by atoms with Gasteiger partial charge in [0.25, 0.3) is 0 Å². The van der Waals surface area contributed by atoms with Crippen LogP contribution in [0.3, 0.4) is 0 Å². The quantitative estimate of drug-likeness (QED) is 0.704. The van der Waals surface area contributed by atoms with Crippen molar-refractivity contribution in [2.45, 2.75) is 56.5 Å². The van der Waals surface area contributed by atoms with E-state index in [1.807, 2.05) is 23.1 Å². The highest BCUT2D eigenvalue weighted by Gasteiger charge is 2.50. The number of carbonyl (C=O) groups is 1. The third-order valence-corrected chi connectivity index (χ3v) is 9.15. The van der Waals surface area contributed by atoms with Gasteiger partial charge in [-0.05, 0) is 38.7 Å². The summed E-state index contributed by atoms with van der Waals surface area (Å²) in [6.07, 6.45) is 2.44. The Bertz CT molecular complexity index is 844. The Labute approximate surface area is 180 Å². The van der Waals surface area contributed by atoms with Gasteiger partial charge in [-0.3, -0.25) is 9.69 Å². The van der Waals surface area contributed by atoms with Crippen molar-refractivity contribution in [2.24, 2.45) is 0 Å². The number of amides is 1. The zero-order chi connectivity index (χ0) is 21.4. The first kappa shape index (κ1) is 21.7. The van der Waals surface area contributed by atoms with Crippen LogP contribution in [0.4, 0.5) is 0 Å². The molecular weight excluding hydrogens is 402 g/mol. The zero-order valence-electron chi connectivity index (χ0n) is 18.0. The predicted octanol–water partition coefficient (Wildman–Crippen LogP) is 1.69. The highest BCUT2D eigenvalue weighted by Crippen LogP contribution is 2.36. The van der Waals surface area contributed by atoms with E-state index in [4.69, 9.17) is 4.74 Å². The molecule has 0 N–H and O–H groups in total. The van der Waals surface area contributed by atoms with Crippen LogP contribution >= 0.6 is 0 Å². The van der Waals surface area contributed by atoms with Gasteiger partial charge < -0.3 is 9.64 Å². The van der Waals surface area contributed by atoms with Crippen molar-refractivity contribution in [2.75, 3.05) is 39.4 Å². The number of sulfonamides is 1. The van der Waals surface area contributed by atoms with Crippen LogP contribution in [-0.4, -0.2) is 84.7 Å². The first-order valence-corrected chi connectivity index (χ1v) is 12.5. The van der Waals surface area contributed by atoms with E-state index in [1.165, 1.54) is 0 Å². The molecule has 1 spiro atoms. The van der Waals surface area contributed by atoms with Gasteiger partial charge in [0.1, 0.15) is 0 Å². The molecule has 4 rings (SSSR count). The zero-order valence-corrected chi connectivity index (χ0v) is 18.8. The summed E-state index contributed by atoms with van der Waals surface area (Å²) in [6, 6.07) is 10.3. The summed E-state index contributed by atoms with van der Waals surface area (Å²) < 4.78 is 32.5. The summed E-state index contributed by atoms with van der Waals surface area (Å²) in [7, 11) is -3.22. The first-order valence-electron chi connectivity index (χ1n) is 11.0. The molecule has 1 aromatic rings. The van der Waals surface area contributed by atoms with E-state index >= 15 is 0 Å². The van der Waals surface area contributed by atoms with E-state index in [-0.39, 0.29) is 17.5 Å². The molecule has 3 heterocycles. The first-order chi connectivity index (χ1) is 14.3. The van der Waals surface area contributed by atoms with Crippen molar-refractivity contribution in [3.63, 3.8) is 0 Å². The Balaban J connectivity index is 1.47. The van der Waals surface area contributed by atoms with Gasteiger partial charge in [0.05, 0.1) is 23.9 Å². The lowest BCUT2D eigenvalue weighted by atomic mass is 9.88. The summed E-state index contributed by atoms with van der Waals surface area (Å²) >= 11 is 0. The number of carbonyl (C=O) groups excluding carboxylic acids is 1. The van der Waals surface area contributed by atoms with E-state index in [0.29, 0.717) is 45.9 Å². The molecule has 3 saturated heterocycles. The van der Waals surface area contributed by atoms with Gasteiger partial charge in [-0.2, -0.15) is 0 Å². The lowest BCUT2D eigenvalue weighted by Crippen LogP contribution is -2.68. The van der Waals surface area contributed by atoms with Crippen LogP contribution in [0.5, 0.6) is 0 Å². The Kier molecular flexibility index (Phi) is 6.21. The second-order valence-corrected chi connectivity index (χ2v) is 11.6. The molecule has 166 valence electrons. The minimum absolute atomic E-state index is 0.147. The Morgan fingerprint density at radius 2 is 1.87 bits per heavy atom. The van der Waals surface area contributed by atoms with Gasteiger partial charge in [0.15, 0.2) is 0 Å². The maximum atomic E-state index is 13.0. The monoisotopic (exact) mass is 435 g/mol. The fraction of sp³-hybridized carbons (Fsp3) is 0.682. The van der Waals surface area contributed by atoms with Gasteiger partial charge in [0, 0.05) is 38.8 Å². The van der Waals surface area contributed by atoms with Gasteiger partial charge in [-0.15, -0.1) is 0 Å². The van der Waals surface area contributed by atoms with Crippen LogP contribution in [-0.2, 0) is 26.1 Å². The Morgan fingerprint density at radius 1 is 1.17 bits per heavy atom. The van der Waals surface area contributed by atoms with Gasteiger partial charge >= 0.3 is 0 Å². The molecule has 1 amide bonds. The molecule has 7 nitrogen and oxygen atoms in total. The number of hydrogen-bond acceptors (Lipinski definition) is 5. The number of benzene rings is 1. The maximum absolute atomic E-state index is 13.0. The third kappa shape index (κ3) is 4.15. The topological polar surface area (TPSA) is 70.2 Å². The normalized spacial score (nSPS) is 27.4. The van der Waals surface area contributed by atoms with Crippen LogP contribution in [0.1, 0.15) is 38.7 Å². The third-order valence-electron chi connectivity index (χ3n) is 6.87. The van der Waals surface area contributed by atoms with Crippen molar-refractivity contribution in [1.29, 1.82) is 0 Å². The number of piperazine rings is 1. The van der Waals surface area contributed by atoms with E-state index in [2.05, 4.69) is 17.0 Å². The van der Waals surface area contributed by atoms with Crippen molar-refractivity contribution >= 4 is 15.9 Å². The molecule has 3 fully saturated rings. The van der Waals surface area contributed by atoms with Crippen LogP contribution in [0, 0.1) is 0 Å². The van der Waals surface area contributed by atoms with Crippen LogP contribution < -0.4 is 0 Å². The molecule has 0 radical (unpaired) electrons. The SMILES string of the molecule is CC(C)S(=O)(=O)N1CCC(N2CC(=O)N(Cc3ccccc3)CC23CCOC3)CC1. The highest BCUT2D eigenvalue weighted by molar-refractivity contribution is 7.89. The maximum Gasteiger partial charge on any atom is 0.237 e. The minimum atomic E-state index is -3.22. The van der Waals surface area contributed by atoms with E-state index < -0.39 is 15.3 Å². The summed E-state index contributed by atoms with van der Waals surface area (Å²) in [5.74, 6) is 0.147. The lowest BCUT2D eigenvalue weighted by Gasteiger charge is -2.52. The molecule has 1 aromatic carbocycles. The minimum Gasteiger partial charge on any atom is -0.379 e. The van der Waals surface area contributed by atoms with Crippen molar-refractivity contribution in [3.8, 4) is 0 Å². The molecule has 30 heavy (non-hydrogen) atoms. The molecule has 1 unspecified atom stereocenters. The molecule has 0 aliphatic carbocycles. The molecule has 0 bridgehead atoms. The summed E-state index contributed by atoms with van der Waals surface area (Å²) in [6.45, 7) is 7.55. The predicted molar refractivity (Wildman–Crippen MR) is 115 cm³/mol. The summed E-state index contributed by atoms with van der Waals surface area (Å²) in [5, 5.41) is -0.397. The number of piperidine rings is 1. The highest BCUT2D eigenvalue weighted by atomic mass is 32.2. The van der Waals surface area contributed by atoms with Gasteiger partial charge in [-0.1, -0.05) is 30.3 Å². The van der Waals surface area contributed by atoms with Crippen LogP contribution in [0.2, 0.25) is 0 Å². The van der Waals surface area contributed by atoms with Gasteiger partial charge in [0.2, 0.25) is 15.9 Å².